The Balaban J connectivity index is 2.05. The molecule has 2 aromatic rings. The summed E-state index contributed by atoms with van der Waals surface area (Å²) < 4.78 is 24.4. The second-order valence-corrected chi connectivity index (χ2v) is 6.52. The number of nitrogens with two attached hydrogens (primary N) is 1. The molecule has 0 saturated carbocycles. The molecular weight excluding hydrogens is 240 g/mol. The first kappa shape index (κ1) is 10.5. The summed E-state index contributed by atoms with van der Waals surface area (Å²) in [4.78, 5) is 4.33. The van der Waals surface area contributed by atoms with Crippen LogP contribution in [0.3, 0.4) is 0 Å². The van der Waals surface area contributed by atoms with Crippen molar-refractivity contribution in [2.45, 2.75) is 12.3 Å². The first-order chi connectivity index (χ1) is 8.05. The molecule has 7 heteroatoms. The standard InChI is InChI=1S/C10H12N4O2S/c11-8-2-1-3-9-12-10(13-14(8)9)7-4-5-17(15,16)6-7/h1-3,7H,4-6,11H2. The fraction of sp³-hybridized carbons (Fsp3) is 0.400. The van der Waals surface area contributed by atoms with Crippen molar-refractivity contribution in [3.8, 4) is 0 Å². The summed E-state index contributed by atoms with van der Waals surface area (Å²) in [5, 5.41) is 4.28. The van der Waals surface area contributed by atoms with E-state index in [2.05, 4.69) is 10.1 Å². The Hall–Kier alpha value is -1.63. The lowest BCUT2D eigenvalue weighted by atomic mass is 10.1. The van der Waals surface area contributed by atoms with E-state index >= 15 is 0 Å². The quantitative estimate of drug-likeness (QED) is 0.783. The molecule has 17 heavy (non-hydrogen) atoms. The molecule has 1 aliphatic heterocycles. The Bertz CT molecular complexity index is 677. The molecule has 0 spiro atoms. The molecule has 0 amide bonds. The van der Waals surface area contributed by atoms with Gasteiger partial charge in [0.05, 0.1) is 11.5 Å². The number of rotatable bonds is 1. The molecule has 3 heterocycles. The van der Waals surface area contributed by atoms with Crippen molar-refractivity contribution >= 4 is 21.3 Å². The zero-order valence-electron chi connectivity index (χ0n) is 9.07. The van der Waals surface area contributed by atoms with Gasteiger partial charge in [0.1, 0.15) is 5.82 Å². The van der Waals surface area contributed by atoms with Gasteiger partial charge in [-0.15, -0.1) is 5.10 Å². The summed E-state index contributed by atoms with van der Waals surface area (Å²) in [5.74, 6) is 1.34. The molecule has 0 aliphatic carbocycles. The highest BCUT2D eigenvalue weighted by molar-refractivity contribution is 7.91. The molecule has 1 saturated heterocycles. The predicted octanol–water partition coefficient (Wildman–Crippen LogP) is 0.214. The van der Waals surface area contributed by atoms with E-state index in [9.17, 15) is 8.42 Å². The van der Waals surface area contributed by atoms with E-state index < -0.39 is 9.84 Å². The minimum Gasteiger partial charge on any atom is -0.384 e. The first-order valence-electron chi connectivity index (χ1n) is 5.37. The average Bonchev–Trinajstić information content (AvgIpc) is 2.82. The fourth-order valence-corrected chi connectivity index (χ4v) is 3.85. The lowest BCUT2D eigenvalue weighted by Crippen LogP contribution is -2.05. The van der Waals surface area contributed by atoms with Gasteiger partial charge in [-0.25, -0.2) is 13.4 Å². The largest absolute Gasteiger partial charge is 0.384 e. The third-order valence-electron chi connectivity index (χ3n) is 3.00. The van der Waals surface area contributed by atoms with Crippen LogP contribution in [0.4, 0.5) is 5.82 Å². The Morgan fingerprint density at radius 2 is 2.24 bits per heavy atom. The van der Waals surface area contributed by atoms with Gasteiger partial charge >= 0.3 is 0 Å². The fourth-order valence-electron chi connectivity index (χ4n) is 2.11. The zero-order valence-corrected chi connectivity index (χ0v) is 9.89. The van der Waals surface area contributed by atoms with Crippen LogP contribution in [0.1, 0.15) is 18.2 Å². The Labute approximate surface area is 98.4 Å². The van der Waals surface area contributed by atoms with Crippen LogP contribution in [-0.4, -0.2) is 34.5 Å². The summed E-state index contributed by atoms with van der Waals surface area (Å²) in [5.41, 5.74) is 6.42. The lowest BCUT2D eigenvalue weighted by Gasteiger charge is -1.99. The second kappa shape index (κ2) is 3.43. The van der Waals surface area contributed by atoms with Crippen LogP contribution in [0.15, 0.2) is 18.2 Å². The van der Waals surface area contributed by atoms with Crippen molar-refractivity contribution in [1.82, 2.24) is 14.6 Å². The monoisotopic (exact) mass is 252 g/mol. The van der Waals surface area contributed by atoms with Gasteiger partial charge < -0.3 is 5.73 Å². The number of pyridine rings is 1. The van der Waals surface area contributed by atoms with Crippen LogP contribution >= 0.6 is 0 Å². The average molecular weight is 252 g/mol. The van der Waals surface area contributed by atoms with Crippen LogP contribution in [0.25, 0.3) is 5.65 Å². The van der Waals surface area contributed by atoms with E-state index in [1.807, 2.05) is 0 Å². The second-order valence-electron chi connectivity index (χ2n) is 4.29. The van der Waals surface area contributed by atoms with E-state index in [-0.39, 0.29) is 17.4 Å². The number of sulfone groups is 1. The molecule has 1 fully saturated rings. The molecule has 0 radical (unpaired) electrons. The van der Waals surface area contributed by atoms with Gasteiger partial charge in [0.25, 0.3) is 0 Å². The number of aromatic nitrogens is 3. The van der Waals surface area contributed by atoms with Crippen molar-refractivity contribution in [3.05, 3.63) is 24.0 Å². The van der Waals surface area contributed by atoms with E-state index in [0.29, 0.717) is 23.7 Å². The van der Waals surface area contributed by atoms with Crippen molar-refractivity contribution in [2.75, 3.05) is 17.2 Å². The third kappa shape index (κ3) is 1.76. The normalized spacial score (nSPS) is 23.2. The Morgan fingerprint density at radius 3 is 2.88 bits per heavy atom. The van der Waals surface area contributed by atoms with Crippen LogP contribution in [0, 0.1) is 0 Å². The minimum atomic E-state index is -2.91. The van der Waals surface area contributed by atoms with E-state index in [1.54, 1.807) is 22.7 Å². The SMILES string of the molecule is Nc1cccc2nc(C3CCS(=O)(=O)C3)nn12. The van der Waals surface area contributed by atoms with Gasteiger partial charge in [-0.05, 0) is 18.6 Å². The number of hydrogen-bond donors (Lipinski definition) is 1. The smallest absolute Gasteiger partial charge is 0.157 e. The third-order valence-corrected chi connectivity index (χ3v) is 4.77. The van der Waals surface area contributed by atoms with Gasteiger partial charge in [0.2, 0.25) is 0 Å². The van der Waals surface area contributed by atoms with E-state index in [4.69, 9.17) is 5.73 Å². The number of fused-ring (bicyclic) bond motifs is 1. The van der Waals surface area contributed by atoms with Gasteiger partial charge in [-0.3, -0.25) is 0 Å². The molecule has 2 aromatic heterocycles. The number of nitrogen functional groups attached to an aromatic ring is 1. The van der Waals surface area contributed by atoms with E-state index in [0.717, 1.165) is 0 Å². The molecule has 3 rings (SSSR count). The van der Waals surface area contributed by atoms with Crippen LogP contribution in [0.5, 0.6) is 0 Å². The van der Waals surface area contributed by atoms with Gasteiger partial charge in [0, 0.05) is 5.92 Å². The highest BCUT2D eigenvalue weighted by Gasteiger charge is 2.31. The van der Waals surface area contributed by atoms with Gasteiger partial charge in [-0.1, -0.05) is 6.07 Å². The lowest BCUT2D eigenvalue weighted by molar-refractivity contribution is 0.601. The van der Waals surface area contributed by atoms with Gasteiger partial charge in [-0.2, -0.15) is 4.52 Å². The molecule has 1 atom stereocenters. The number of anilines is 1. The molecule has 1 aliphatic rings. The van der Waals surface area contributed by atoms with Crippen LogP contribution in [-0.2, 0) is 9.84 Å². The van der Waals surface area contributed by atoms with Crippen molar-refractivity contribution in [3.63, 3.8) is 0 Å². The molecule has 1 unspecified atom stereocenters. The van der Waals surface area contributed by atoms with Gasteiger partial charge in [0.15, 0.2) is 21.3 Å². The molecule has 2 N–H and O–H groups in total. The zero-order chi connectivity index (χ0) is 12.0. The summed E-state index contributed by atoms with van der Waals surface area (Å²) >= 11 is 0. The Kier molecular flexibility index (Phi) is 2.12. The van der Waals surface area contributed by atoms with Crippen molar-refractivity contribution < 1.29 is 8.42 Å². The topological polar surface area (TPSA) is 90.3 Å². The molecule has 90 valence electrons. The predicted molar refractivity (Wildman–Crippen MR) is 63.4 cm³/mol. The number of nitrogens with zero attached hydrogens (tertiary/aromatic N) is 3. The highest BCUT2D eigenvalue weighted by Crippen LogP contribution is 2.27. The maximum atomic E-state index is 11.4. The summed E-state index contributed by atoms with van der Waals surface area (Å²) in [6.45, 7) is 0. The number of hydrogen-bond acceptors (Lipinski definition) is 5. The summed E-state index contributed by atoms with van der Waals surface area (Å²) in [6, 6.07) is 5.34. The molecule has 6 nitrogen and oxygen atoms in total. The molecular formula is C10H12N4O2S. The van der Waals surface area contributed by atoms with Crippen LogP contribution in [0.2, 0.25) is 0 Å². The molecule has 0 bridgehead atoms. The Morgan fingerprint density at radius 1 is 1.41 bits per heavy atom. The molecule has 0 aromatic carbocycles. The minimum absolute atomic E-state index is 0.0979. The maximum absolute atomic E-state index is 11.4. The maximum Gasteiger partial charge on any atom is 0.157 e. The summed E-state index contributed by atoms with van der Waals surface area (Å²) in [6.07, 6.45) is 0.596. The van der Waals surface area contributed by atoms with Crippen molar-refractivity contribution in [2.24, 2.45) is 0 Å². The van der Waals surface area contributed by atoms with Crippen LogP contribution < -0.4 is 5.73 Å². The van der Waals surface area contributed by atoms with Crippen molar-refractivity contribution in [1.29, 1.82) is 0 Å². The first-order valence-corrected chi connectivity index (χ1v) is 7.19. The summed E-state index contributed by atoms with van der Waals surface area (Å²) in [7, 11) is -2.91. The van der Waals surface area contributed by atoms with E-state index in [1.165, 1.54) is 0 Å². The highest BCUT2D eigenvalue weighted by atomic mass is 32.2.